The summed E-state index contributed by atoms with van der Waals surface area (Å²) in [6.45, 7) is 1.92. The lowest BCUT2D eigenvalue weighted by molar-refractivity contribution is 0.319. The van der Waals surface area contributed by atoms with Crippen LogP contribution in [-0.4, -0.2) is 29.7 Å². The molecule has 0 radical (unpaired) electrons. The van der Waals surface area contributed by atoms with Crippen molar-refractivity contribution >= 4 is 11.0 Å². The number of nitrogens with zero attached hydrogens (tertiary/aromatic N) is 7. The van der Waals surface area contributed by atoms with Gasteiger partial charge in [-0.1, -0.05) is 12.1 Å². The van der Waals surface area contributed by atoms with Crippen molar-refractivity contribution < 1.29 is 0 Å². The second-order valence-corrected chi connectivity index (χ2v) is 7.86. The molecule has 1 aliphatic carbocycles. The molecule has 0 saturated heterocycles. The van der Waals surface area contributed by atoms with Crippen LogP contribution in [0.2, 0.25) is 0 Å². The Balaban J connectivity index is 1.60. The largest absolute Gasteiger partial charge is 0.310 e. The zero-order chi connectivity index (χ0) is 22.2. The second-order valence-electron chi connectivity index (χ2n) is 7.86. The van der Waals surface area contributed by atoms with Crippen molar-refractivity contribution in [3.05, 3.63) is 81.5 Å². The van der Waals surface area contributed by atoms with Crippen LogP contribution >= 0.6 is 0 Å². The predicted molar refractivity (Wildman–Crippen MR) is 115 cm³/mol. The van der Waals surface area contributed by atoms with Crippen LogP contribution in [-0.2, 0) is 0 Å². The molecule has 1 N–H and O–H groups in total. The SMILES string of the molecule is C[C@@H](c1ccc(C#N)cc1)n1nc(C#N)c2c(=O)[nH]c([C@H]3CC[C@@H]3c3ncccn3)nc21. The molecule has 4 aromatic rings. The molecular formula is C23H18N8O. The highest BCUT2D eigenvalue weighted by Gasteiger charge is 2.37. The minimum atomic E-state index is -0.376. The van der Waals surface area contributed by atoms with Gasteiger partial charge in [0.15, 0.2) is 11.3 Å². The highest BCUT2D eigenvalue weighted by molar-refractivity contribution is 5.80. The van der Waals surface area contributed by atoms with Crippen LogP contribution in [0.5, 0.6) is 0 Å². The minimum Gasteiger partial charge on any atom is -0.310 e. The lowest BCUT2D eigenvalue weighted by Gasteiger charge is -2.34. The molecule has 32 heavy (non-hydrogen) atoms. The second kappa shape index (κ2) is 7.71. The van der Waals surface area contributed by atoms with E-state index in [1.807, 2.05) is 25.1 Å². The number of hydrogen-bond donors (Lipinski definition) is 1. The molecule has 0 spiro atoms. The molecule has 1 aromatic carbocycles. The van der Waals surface area contributed by atoms with E-state index >= 15 is 0 Å². The summed E-state index contributed by atoms with van der Waals surface area (Å²) in [6, 6.07) is 12.7. The van der Waals surface area contributed by atoms with E-state index in [4.69, 9.17) is 10.2 Å². The van der Waals surface area contributed by atoms with Crippen LogP contribution < -0.4 is 5.56 Å². The Morgan fingerprint density at radius 3 is 2.44 bits per heavy atom. The van der Waals surface area contributed by atoms with E-state index in [1.54, 1.807) is 35.3 Å². The average molecular weight is 422 g/mol. The van der Waals surface area contributed by atoms with Gasteiger partial charge in [-0.15, -0.1) is 0 Å². The topological polar surface area (TPSA) is 137 Å². The fourth-order valence-electron chi connectivity index (χ4n) is 4.20. The molecule has 0 amide bonds. The quantitative estimate of drug-likeness (QED) is 0.534. The van der Waals surface area contributed by atoms with E-state index in [2.05, 4.69) is 26.1 Å². The molecule has 1 aliphatic rings. The lowest BCUT2D eigenvalue weighted by atomic mass is 9.72. The Labute approximate surface area is 183 Å². The Hall–Kier alpha value is -4.37. The maximum atomic E-state index is 13.0. The van der Waals surface area contributed by atoms with Gasteiger partial charge < -0.3 is 4.98 Å². The standard InChI is InChI=1S/C23H18N8O/c1-13(15-5-3-14(11-24)4-6-15)31-22-19(18(12-25)30-31)23(32)29-21(28-22)17-8-7-16(17)20-26-9-2-10-27-20/h2-6,9-10,13,16-17H,7-8H2,1H3,(H,28,29,32)/t13-,16-,17-/m0/s1. The number of nitriles is 2. The highest BCUT2D eigenvalue weighted by atomic mass is 16.1. The first kappa shape index (κ1) is 19.6. The molecule has 1 fully saturated rings. The first-order chi connectivity index (χ1) is 15.6. The zero-order valence-corrected chi connectivity index (χ0v) is 17.2. The van der Waals surface area contributed by atoms with Gasteiger partial charge in [0.25, 0.3) is 5.56 Å². The molecule has 0 unspecified atom stereocenters. The van der Waals surface area contributed by atoms with E-state index in [9.17, 15) is 10.1 Å². The van der Waals surface area contributed by atoms with E-state index in [0.29, 0.717) is 17.0 Å². The lowest BCUT2D eigenvalue weighted by Crippen LogP contribution is -2.28. The summed E-state index contributed by atoms with van der Waals surface area (Å²) in [7, 11) is 0. The first-order valence-corrected chi connectivity index (χ1v) is 10.3. The third kappa shape index (κ3) is 3.12. The Bertz CT molecular complexity index is 1440. The van der Waals surface area contributed by atoms with Crippen LogP contribution in [0.25, 0.3) is 11.0 Å². The molecule has 0 bridgehead atoms. The molecular weight excluding hydrogens is 404 g/mol. The van der Waals surface area contributed by atoms with Crippen LogP contribution in [0.3, 0.4) is 0 Å². The molecule has 9 nitrogen and oxygen atoms in total. The van der Waals surface area contributed by atoms with Crippen molar-refractivity contribution in [3.8, 4) is 12.1 Å². The van der Waals surface area contributed by atoms with Gasteiger partial charge in [0.05, 0.1) is 17.7 Å². The third-order valence-electron chi connectivity index (χ3n) is 6.12. The monoisotopic (exact) mass is 422 g/mol. The van der Waals surface area contributed by atoms with E-state index in [0.717, 1.165) is 24.2 Å². The van der Waals surface area contributed by atoms with E-state index in [-0.39, 0.29) is 34.5 Å². The normalized spacial score (nSPS) is 18.5. The number of fused-ring (bicyclic) bond motifs is 1. The van der Waals surface area contributed by atoms with Gasteiger partial charge in [-0.05, 0) is 43.5 Å². The van der Waals surface area contributed by atoms with E-state index < -0.39 is 0 Å². The number of aromatic amines is 1. The number of H-pyrrole nitrogens is 1. The summed E-state index contributed by atoms with van der Waals surface area (Å²) in [5.74, 6) is 1.38. The Kier molecular flexibility index (Phi) is 4.72. The van der Waals surface area contributed by atoms with Crippen molar-refractivity contribution in [2.45, 2.75) is 37.6 Å². The van der Waals surface area contributed by atoms with Crippen molar-refractivity contribution in [2.24, 2.45) is 0 Å². The summed E-state index contributed by atoms with van der Waals surface area (Å²) in [5.41, 5.74) is 1.48. The number of nitrogens with one attached hydrogen (secondary N) is 1. The Morgan fingerprint density at radius 2 is 1.81 bits per heavy atom. The number of rotatable bonds is 4. The number of hydrogen-bond acceptors (Lipinski definition) is 7. The maximum absolute atomic E-state index is 13.0. The van der Waals surface area contributed by atoms with Gasteiger partial charge in [-0.2, -0.15) is 15.6 Å². The van der Waals surface area contributed by atoms with Crippen LogP contribution in [0.4, 0.5) is 0 Å². The van der Waals surface area contributed by atoms with Gasteiger partial charge in [-0.3, -0.25) is 4.79 Å². The smallest absolute Gasteiger partial charge is 0.263 e. The molecule has 3 aromatic heterocycles. The van der Waals surface area contributed by atoms with Crippen molar-refractivity contribution in [2.75, 3.05) is 0 Å². The summed E-state index contributed by atoms with van der Waals surface area (Å²) in [4.78, 5) is 29.3. The molecule has 3 atom stereocenters. The van der Waals surface area contributed by atoms with Gasteiger partial charge in [-0.25, -0.2) is 19.6 Å². The third-order valence-corrected chi connectivity index (χ3v) is 6.12. The summed E-state index contributed by atoms with van der Waals surface area (Å²) in [6.07, 6.45) is 5.21. The van der Waals surface area contributed by atoms with Gasteiger partial charge in [0.1, 0.15) is 23.1 Å². The fraction of sp³-hybridized carbons (Fsp3) is 0.261. The molecule has 3 heterocycles. The van der Waals surface area contributed by atoms with E-state index in [1.165, 1.54) is 0 Å². The summed E-state index contributed by atoms with van der Waals surface area (Å²) < 4.78 is 1.61. The summed E-state index contributed by atoms with van der Waals surface area (Å²) >= 11 is 0. The van der Waals surface area contributed by atoms with Crippen molar-refractivity contribution in [1.29, 1.82) is 10.5 Å². The van der Waals surface area contributed by atoms with Gasteiger partial charge >= 0.3 is 0 Å². The van der Waals surface area contributed by atoms with Crippen molar-refractivity contribution in [1.82, 2.24) is 29.7 Å². The van der Waals surface area contributed by atoms with Crippen LogP contribution in [0, 0.1) is 22.7 Å². The number of aromatic nitrogens is 6. The number of benzene rings is 1. The molecule has 5 rings (SSSR count). The molecule has 1 saturated carbocycles. The maximum Gasteiger partial charge on any atom is 0.263 e. The fourth-order valence-corrected chi connectivity index (χ4v) is 4.20. The van der Waals surface area contributed by atoms with Gasteiger partial charge in [0, 0.05) is 24.2 Å². The van der Waals surface area contributed by atoms with Crippen LogP contribution in [0.1, 0.15) is 66.1 Å². The van der Waals surface area contributed by atoms with Crippen molar-refractivity contribution in [3.63, 3.8) is 0 Å². The average Bonchev–Trinajstić information content (AvgIpc) is 3.18. The Morgan fingerprint density at radius 1 is 1.09 bits per heavy atom. The molecule has 156 valence electrons. The van der Waals surface area contributed by atoms with Crippen LogP contribution in [0.15, 0.2) is 47.5 Å². The summed E-state index contributed by atoms with van der Waals surface area (Å²) in [5, 5.41) is 23.2. The molecule has 0 aliphatic heterocycles. The zero-order valence-electron chi connectivity index (χ0n) is 17.2. The minimum absolute atomic E-state index is 0.00592. The predicted octanol–water partition coefficient (Wildman–Crippen LogP) is 2.92. The first-order valence-electron chi connectivity index (χ1n) is 10.3. The highest BCUT2D eigenvalue weighted by Crippen LogP contribution is 2.46. The molecule has 9 heteroatoms. The van der Waals surface area contributed by atoms with Gasteiger partial charge in [0.2, 0.25) is 0 Å².